The first-order chi connectivity index (χ1) is 13.5. The highest BCUT2D eigenvalue weighted by Crippen LogP contribution is 2.35. The Morgan fingerprint density at radius 2 is 1.57 bits per heavy atom. The zero-order chi connectivity index (χ0) is 20.1. The van der Waals surface area contributed by atoms with Crippen molar-refractivity contribution in [2.45, 2.75) is 31.8 Å². The van der Waals surface area contributed by atoms with Crippen LogP contribution in [0.2, 0.25) is 0 Å². The Kier molecular flexibility index (Phi) is 6.88. The molecule has 2 aromatic carbocycles. The molecular formula is C21H24INO5. The van der Waals surface area contributed by atoms with E-state index in [2.05, 4.69) is 27.9 Å². The highest BCUT2D eigenvalue weighted by atomic mass is 127. The molecule has 1 amide bonds. The van der Waals surface area contributed by atoms with E-state index in [4.69, 9.17) is 18.9 Å². The monoisotopic (exact) mass is 497 g/mol. The van der Waals surface area contributed by atoms with E-state index in [1.54, 1.807) is 45.6 Å². The first-order valence-electron chi connectivity index (χ1n) is 9.13. The second kappa shape index (κ2) is 9.36. The Bertz CT molecular complexity index is 849. The van der Waals surface area contributed by atoms with Crippen LogP contribution in [-0.4, -0.2) is 33.3 Å². The van der Waals surface area contributed by atoms with Gasteiger partial charge in [0.15, 0.2) is 23.0 Å². The molecule has 0 heterocycles. The normalized spacial score (nSPS) is 13.9. The molecule has 1 aliphatic carbocycles. The Balaban J connectivity index is 1.82. The van der Waals surface area contributed by atoms with Gasteiger partial charge in [-0.15, -0.1) is 0 Å². The molecule has 28 heavy (non-hydrogen) atoms. The van der Waals surface area contributed by atoms with Gasteiger partial charge in [0.25, 0.3) is 5.91 Å². The van der Waals surface area contributed by atoms with E-state index in [0.29, 0.717) is 34.2 Å². The van der Waals surface area contributed by atoms with Crippen molar-refractivity contribution in [2.75, 3.05) is 26.6 Å². The second-order valence-electron chi connectivity index (χ2n) is 6.53. The summed E-state index contributed by atoms with van der Waals surface area (Å²) in [6.07, 6.45) is 4.65. The molecule has 150 valence electrons. The summed E-state index contributed by atoms with van der Waals surface area (Å²) in [7, 11) is 4.72. The number of carbonyl (C=O) groups is 1. The smallest absolute Gasteiger partial charge is 0.256 e. The maximum atomic E-state index is 12.8. The standard InChI is InChI=1S/C21H24INO5/c1-25-17-9-8-13(10-20(17)28-14-6-4-5-7-14)23-21(24)15-11-18(26-2)19(27-3)12-16(15)22/h8-12,14H,4-7H2,1-3H3,(H,23,24). The minimum absolute atomic E-state index is 0.201. The molecule has 7 heteroatoms. The summed E-state index contributed by atoms with van der Waals surface area (Å²) < 4.78 is 22.9. The van der Waals surface area contributed by atoms with E-state index in [1.807, 2.05) is 6.07 Å². The molecule has 1 fully saturated rings. The molecule has 0 unspecified atom stereocenters. The van der Waals surface area contributed by atoms with Gasteiger partial charge in [0, 0.05) is 15.3 Å². The lowest BCUT2D eigenvalue weighted by Crippen LogP contribution is -2.15. The highest BCUT2D eigenvalue weighted by molar-refractivity contribution is 14.1. The summed E-state index contributed by atoms with van der Waals surface area (Å²) in [6.45, 7) is 0. The summed E-state index contributed by atoms with van der Waals surface area (Å²) in [5.74, 6) is 2.16. The van der Waals surface area contributed by atoms with Crippen LogP contribution < -0.4 is 24.3 Å². The summed E-state index contributed by atoms with van der Waals surface area (Å²) in [4.78, 5) is 12.8. The number of carbonyl (C=O) groups excluding carboxylic acids is 1. The summed E-state index contributed by atoms with van der Waals surface area (Å²) in [5, 5.41) is 2.93. The molecule has 1 saturated carbocycles. The molecule has 2 aromatic rings. The lowest BCUT2D eigenvalue weighted by molar-refractivity contribution is 0.102. The predicted octanol–water partition coefficient (Wildman–Crippen LogP) is 4.89. The number of hydrogen-bond acceptors (Lipinski definition) is 5. The van der Waals surface area contributed by atoms with Crippen molar-refractivity contribution in [3.63, 3.8) is 0 Å². The van der Waals surface area contributed by atoms with Crippen LogP contribution in [-0.2, 0) is 0 Å². The van der Waals surface area contributed by atoms with Crippen molar-refractivity contribution in [3.05, 3.63) is 39.5 Å². The van der Waals surface area contributed by atoms with Crippen LogP contribution in [0.15, 0.2) is 30.3 Å². The quantitative estimate of drug-likeness (QED) is 0.552. The van der Waals surface area contributed by atoms with Crippen LogP contribution >= 0.6 is 22.6 Å². The van der Waals surface area contributed by atoms with E-state index in [0.717, 1.165) is 16.4 Å². The van der Waals surface area contributed by atoms with E-state index in [9.17, 15) is 4.79 Å². The van der Waals surface area contributed by atoms with Gasteiger partial charge in [-0.25, -0.2) is 0 Å². The average molecular weight is 497 g/mol. The first kappa shape index (κ1) is 20.6. The molecular weight excluding hydrogens is 473 g/mol. The summed E-state index contributed by atoms with van der Waals surface area (Å²) >= 11 is 2.11. The molecule has 6 nitrogen and oxygen atoms in total. The van der Waals surface area contributed by atoms with E-state index in [-0.39, 0.29) is 12.0 Å². The molecule has 0 bridgehead atoms. The van der Waals surface area contributed by atoms with Crippen LogP contribution in [0.5, 0.6) is 23.0 Å². The van der Waals surface area contributed by atoms with Crippen molar-refractivity contribution in [3.8, 4) is 23.0 Å². The van der Waals surface area contributed by atoms with Gasteiger partial charge in [0.1, 0.15) is 0 Å². The fourth-order valence-electron chi connectivity index (χ4n) is 3.26. The van der Waals surface area contributed by atoms with E-state index >= 15 is 0 Å². The number of halogens is 1. The first-order valence-corrected chi connectivity index (χ1v) is 10.2. The molecule has 3 rings (SSSR count). The number of rotatable bonds is 7. The van der Waals surface area contributed by atoms with E-state index < -0.39 is 0 Å². The molecule has 0 atom stereocenters. The van der Waals surface area contributed by atoms with E-state index in [1.165, 1.54) is 12.8 Å². The van der Waals surface area contributed by atoms with Gasteiger partial charge in [-0.2, -0.15) is 0 Å². The fourth-order valence-corrected chi connectivity index (χ4v) is 3.94. The Hall–Kier alpha value is -2.16. The lowest BCUT2D eigenvalue weighted by Gasteiger charge is -2.17. The van der Waals surface area contributed by atoms with Crippen molar-refractivity contribution < 1.29 is 23.7 Å². The van der Waals surface area contributed by atoms with Gasteiger partial charge in [0.05, 0.1) is 33.0 Å². The molecule has 0 aliphatic heterocycles. The van der Waals surface area contributed by atoms with Crippen LogP contribution in [0, 0.1) is 3.57 Å². The Morgan fingerprint density at radius 1 is 0.929 bits per heavy atom. The van der Waals surface area contributed by atoms with Crippen LogP contribution in [0.25, 0.3) is 0 Å². The molecule has 1 N–H and O–H groups in total. The van der Waals surface area contributed by atoms with Crippen molar-refractivity contribution in [1.82, 2.24) is 0 Å². The third-order valence-corrected chi connectivity index (χ3v) is 5.63. The zero-order valence-corrected chi connectivity index (χ0v) is 18.4. The minimum Gasteiger partial charge on any atom is -0.493 e. The molecule has 0 radical (unpaired) electrons. The minimum atomic E-state index is -0.234. The maximum absolute atomic E-state index is 12.8. The van der Waals surface area contributed by atoms with Gasteiger partial charge < -0.3 is 24.3 Å². The van der Waals surface area contributed by atoms with Crippen LogP contribution in [0.4, 0.5) is 5.69 Å². The number of ether oxygens (including phenoxy) is 4. The number of nitrogens with one attached hydrogen (secondary N) is 1. The van der Waals surface area contributed by atoms with Crippen molar-refractivity contribution >= 4 is 34.2 Å². The number of hydrogen-bond donors (Lipinski definition) is 1. The highest BCUT2D eigenvalue weighted by Gasteiger charge is 2.20. The van der Waals surface area contributed by atoms with Gasteiger partial charge in [0.2, 0.25) is 0 Å². The van der Waals surface area contributed by atoms with Crippen LogP contribution in [0.1, 0.15) is 36.0 Å². The average Bonchev–Trinajstić information content (AvgIpc) is 3.21. The summed E-state index contributed by atoms with van der Waals surface area (Å²) in [6, 6.07) is 8.86. The SMILES string of the molecule is COc1cc(I)c(C(=O)Nc2ccc(OC)c(OC3CCCC3)c2)cc1OC. The third-order valence-electron chi connectivity index (χ3n) is 4.74. The molecule has 1 aliphatic rings. The second-order valence-corrected chi connectivity index (χ2v) is 7.69. The molecule has 0 spiro atoms. The number of methoxy groups -OCH3 is 3. The van der Waals surface area contributed by atoms with Gasteiger partial charge in [-0.05, 0) is 72.5 Å². The fraction of sp³-hybridized carbons (Fsp3) is 0.381. The van der Waals surface area contributed by atoms with Crippen molar-refractivity contribution in [2.24, 2.45) is 0 Å². The number of benzene rings is 2. The Labute approximate surface area is 178 Å². The van der Waals surface area contributed by atoms with Gasteiger partial charge in [-0.3, -0.25) is 4.79 Å². The zero-order valence-electron chi connectivity index (χ0n) is 16.2. The number of anilines is 1. The predicted molar refractivity (Wildman–Crippen MR) is 116 cm³/mol. The third kappa shape index (κ3) is 4.63. The van der Waals surface area contributed by atoms with Crippen molar-refractivity contribution in [1.29, 1.82) is 0 Å². The largest absolute Gasteiger partial charge is 0.493 e. The number of amides is 1. The van der Waals surface area contributed by atoms with Gasteiger partial charge in [-0.1, -0.05) is 0 Å². The molecule has 0 saturated heterocycles. The van der Waals surface area contributed by atoms with Crippen LogP contribution in [0.3, 0.4) is 0 Å². The topological polar surface area (TPSA) is 66.0 Å². The van der Waals surface area contributed by atoms with Gasteiger partial charge >= 0.3 is 0 Å². The molecule has 0 aromatic heterocycles. The summed E-state index contributed by atoms with van der Waals surface area (Å²) in [5.41, 5.74) is 1.15. The lowest BCUT2D eigenvalue weighted by atomic mass is 10.1. The Morgan fingerprint density at radius 3 is 2.21 bits per heavy atom. The maximum Gasteiger partial charge on any atom is 0.256 e.